The molecule has 136 valence electrons. The summed E-state index contributed by atoms with van der Waals surface area (Å²) in [4.78, 5) is 25.2. The van der Waals surface area contributed by atoms with Crippen LogP contribution in [-0.4, -0.2) is 20.4 Å². The third-order valence-electron chi connectivity index (χ3n) is 3.85. The summed E-state index contributed by atoms with van der Waals surface area (Å²) in [5.41, 5.74) is 1.92. The van der Waals surface area contributed by atoms with Gasteiger partial charge in [0.05, 0.1) is 5.69 Å². The Bertz CT molecular complexity index is 1080. The second-order valence-electron chi connectivity index (χ2n) is 6.06. The molecule has 0 radical (unpaired) electrons. The maximum Gasteiger partial charge on any atom is 0.460 e. The summed E-state index contributed by atoms with van der Waals surface area (Å²) in [7, 11) is 1.59. The fourth-order valence-electron chi connectivity index (χ4n) is 2.34. The molecule has 27 heavy (non-hydrogen) atoms. The molecule has 0 aliphatic heterocycles. The highest BCUT2D eigenvalue weighted by Crippen LogP contribution is 2.27. The van der Waals surface area contributed by atoms with E-state index in [9.17, 15) is 4.79 Å². The number of aromatic nitrogens is 3. The summed E-state index contributed by atoms with van der Waals surface area (Å²) in [6.07, 6.45) is 2.38. The zero-order valence-corrected chi connectivity index (χ0v) is 15.4. The zero-order chi connectivity index (χ0) is 18.6. The molecule has 4 rings (SSSR count). The van der Waals surface area contributed by atoms with Crippen molar-refractivity contribution >= 4 is 17.0 Å². The van der Waals surface area contributed by atoms with E-state index in [0.717, 1.165) is 16.3 Å². The predicted octanol–water partition coefficient (Wildman–Crippen LogP) is 2.56. The highest BCUT2D eigenvalue weighted by Gasteiger charge is 2.18. The Morgan fingerprint density at radius 2 is 2.19 bits per heavy atom. The van der Waals surface area contributed by atoms with Crippen LogP contribution in [-0.2, 0) is 18.5 Å². The van der Waals surface area contributed by atoms with Crippen LogP contribution in [0.15, 0.2) is 50.2 Å². The molecule has 0 spiro atoms. The molecule has 1 aliphatic rings. The molecule has 1 aliphatic carbocycles. The molecule has 1 aromatic carbocycles. The first-order chi connectivity index (χ1) is 13.2. The summed E-state index contributed by atoms with van der Waals surface area (Å²) in [6, 6.07) is 9.34. The monoisotopic (exact) mass is 380 g/mol. The van der Waals surface area contributed by atoms with Gasteiger partial charge in [-0.25, -0.2) is 9.78 Å². The fourth-order valence-corrected chi connectivity index (χ4v) is 3.00. The van der Waals surface area contributed by atoms with Crippen LogP contribution in [0.3, 0.4) is 0 Å². The second-order valence-corrected chi connectivity index (χ2v) is 6.92. The van der Waals surface area contributed by atoms with Gasteiger partial charge in [0.25, 0.3) is 0 Å². The second kappa shape index (κ2) is 7.60. The lowest BCUT2D eigenvalue weighted by Gasteiger charge is -2.05. The summed E-state index contributed by atoms with van der Waals surface area (Å²) in [6.45, 7) is 0.198. The Morgan fingerprint density at radius 1 is 1.37 bits per heavy atom. The molecule has 0 bridgehead atoms. The van der Waals surface area contributed by atoms with E-state index in [1.165, 1.54) is 28.9 Å². The van der Waals surface area contributed by atoms with Gasteiger partial charge in [-0.15, -0.1) is 11.3 Å². The number of rotatable bonds is 5. The van der Waals surface area contributed by atoms with E-state index < -0.39 is 5.76 Å². The van der Waals surface area contributed by atoms with E-state index in [0.29, 0.717) is 17.5 Å². The number of hydrogen-bond acceptors (Lipinski definition) is 7. The number of thiazole rings is 1. The van der Waals surface area contributed by atoms with Gasteiger partial charge in [0.1, 0.15) is 0 Å². The van der Waals surface area contributed by atoms with Gasteiger partial charge < -0.3 is 9.36 Å². The van der Waals surface area contributed by atoms with Crippen LogP contribution >= 0.6 is 11.3 Å². The van der Waals surface area contributed by atoms with Crippen molar-refractivity contribution < 1.29 is 9.36 Å². The molecule has 0 amide bonds. The van der Waals surface area contributed by atoms with Crippen molar-refractivity contribution in [2.45, 2.75) is 19.4 Å². The van der Waals surface area contributed by atoms with Crippen molar-refractivity contribution in [2.75, 3.05) is 0 Å². The molecule has 8 heteroatoms. The number of hydrogen-bond donors (Lipinski definition) is 0. The lowest BCUT2D eigenvalue weighted by atomic mass is 10.1. The van der Waals surface area contributed by atoms with Crippen LogP contribution < -0.4 is 5.76 Å². The van der Waals surface area contributed by atoms with Crippen molar-refractivity contribution in [1.82, 2.24) is 14.7 Å². The highest BCUT2D eigenvalue weighted by molar-refractivity contribution is 7.10. The number of oxime groups is 1. The Morgan fingerprint density at radius 3 is 2.89 bits per heavy atom. The first-order valence-corrected chi connectivity index (χ1v) is 9.33. The molecule has 1 saturated carbocycles. The van der Waals surface area contributed by atoms with E-state index >= 15 is 0 Å². The maximum atomic E-state index is 11.4. The first-order valence-electron chi connectivity index (χ1n) is 8.45. The average Bonchev–Trinajstić information content (AvgIpc) is 3.30. The normalized spacial score (nSPS) is 13.9. The van der Waals surface area contributed by atoms with E-state index in [1.807, 2.05) is 35.7 Å². The lowest BCUT2D eigenvalue weighted by molar-refractivity contribution is 0.128. The van der Waals surface area contributed by atoms with Crippen molar-refractivity contribution in [1.29, 1.82) is 0 Å². The third-order valence-corrected chi connectivity index (χ3v) is 4.66. The molecule has 0 unspecified atom stereocenters. The Labute approximate surface area is 159 Å². The Hall–Kier alpha value is -3.18. The van der Waals surface area contributed by atoms with Crippen LogP contribution in [0, 0.1) is 17.8 Å². The van der Waals surface area contributed by atoms with E-state index in [-0.39, 0.29) is 6.61 Å². The predicted molar refractivity (Wildman–Crippen MR) is 100 cm³/mol. The quantitative estimate of drug-likeness (QED) is 0.386. The number of benzene rings is 1. The van der Waals surface area contributed by atoms with Gasteiger partial charge in [-0.2, -0.15) is 9.72 Å². The minimum Gasteiger partial charge on any atom is -0.389 e. The van der Waals surface area contributed by atoms with Crippen LogP contribution in [0.2, 0.25) is 0 Å². The van der Waals surface area contributed by atoms with Crippen LogP contribution in [0.4, 0.5) is 0 Å². The Kier molecular flexibility index (Phi) is 4.85. The maximum absolute atomic E-state index is 11.4. The number of nitrogens with zero attached hydrogens (tertiary/aromatic N) is 4. The van der Waals surface area contributed by atoms with Gasteiger partial charge >= 0.3 is 5.76 Å². The van der Waals surface area contributed by atoms with Gasteiger partial charge in [0.15, 0.2) is 23.2 Å². The third kappa shape index (κ3) is 4.33. The summed E-state index contributed by atoms with van der Waals surface area (Å²) < 4.78 is 6.19. The molecule has 7 nitrogen and oxygen atoms in total. The molecule has 2 heterocycles. The minimum atomic E-state index is -0.686. The average molecular weight is 380 g/mol. The summed E-state index contributed by atoms with van der Waals surface area (Å²) >= 11 is 1.49. The topological polar surface area (TPSA) is 82.5 Å². The van der Waals surface area contributed by atoms with Crippen molar-refractivity contribution in [3.63, 3.8) is 0 Å². The van der Waals surface area contributed by atoms with Crippen molar-refractivity contribution in [3.8, 4) is 11.8 Å². The van der Waals surface area contributed by atoms with Gasteiger partial charge in [0, 0.05) is 23.9 Å². The smallest absolute Gasteiger partial charge is 0.389 e. The molecular formula is C19H16N4O3S. The molecule has 0 atom stereocenters. The molecular weight excluding hydrogens is 364 g/mol. The summed E-state index contributed by atoms with van der Waals surface area (Å²) in [5, 5.41) is 6.88. The largest absolute Gasteiger partial charge is 0.460 e. The van der Waals surface area contributed by atoms with Crippen LogP contribution in [0.5, 0.6) is 0 Å². The first kappa shape index (κ1) is 17.2. The van der Waals surface area contributed by atoms with Crippen LogP contribution in [0.25, 0.3) is 0 Å². The van der Waals surface area contributed by atoms with E-state index in [4.69, 9.17) is 9.36 Å². The summed E-state index contributed by atoms with van der Waals surface area (Å²) in [5.74, 6) is 6.43. The number of aryl methyl sites for hydroxylation is 1. The fraction of sp³-hybridized carbons (Fsp3) is 0.263. The molecule has 0 saturated heterocycles. The van der Waals surface area contributed by atoms with Gasteiger partial charge in [0.2, 0.25) is 0 Å². The van der Waals surface area contributed by atoms with E-state index in [1.54, 1.807) is 7.05 Å². The zero-order valence-electron chi connectivity index (χ0n) is 14.6. The van der Waals surface area contributed by atoms with Gasteiger partial charge in [-0.1, -0.05) is 41.4 Å². The molecule has 0 N–H and O–H groups in total. The molecule has 1 fully saturated rings. The van der Waals surface area contributed by atoms with E-state index in [2.05, 4.69) is 27.0 Å². The Balaban J connectivity index is 1.52. The van der Waals surface area contributed by atoms with Crippen molar-refractivity contribution in [3.05, 3.63) is 68.4 Å². The van der Waals surface area contributed by atoms with Gasteiger partial charge in [-0.05, 0) is 18.8 Å². The SMILES string of the molecule is Cn1oc(=O)nc1/C(=N\OCc1csc(C#CC2CC2)n1)c1ccccc1. The standard InChI is InChI=1S/C19H16N4O3S/c1-23-18(21-19(24)26-23)17(14-5-3-2-4-6-14)22-25-11-15-12-27-16(20-15)10-9-13-7-8-13/h2-6,12-13H,7-8,11H2,1H3/b22-17-. The van der Waals surface area contributed by atoms with Crippen LogP contribution in [0.1, 0.15) is 34.9 Å². The molecule has 3 aromatic rings. The van der Waals surface area contributed by atoms with Gasteiger partial charge in [-0.3, -0.25) is 0 Å². The highest BCUT2D eigenvalue weighted by atomic mass is 32.1. The minimum absolute atomic E-state index is 0.198. The molecule has 2 aromatic heterocycles. The lowest BCUT2D eigenvalue weighted by Crippen LogP contribution is -2.11. The van der Waals surface area contributed by atoms with Crippen molar-refractivity contribution in [2.24, 2.45) is 18.1 Å².